The van der Waals surface area contributed by atoms with E-state index in [2.05, 4.69) is 5.23 Å². The summed E-state index contributed by atoms with van der Waals surface area (Å²) in [4.78, 5) is 11.2. The molecule has 1 aliphatic rings. The average Bonchev–Trinajstić information content (AvgIpc) is 2.42. The molecule has 0 aromatic heterocycles. The zero-order valence-corrected chi connectivity index (χ0v) is 9.66. The van der Waals surface area contributed by atoms with E-state index in [-0.39, 0.29) is 12.0 Å². The van der Waals surface area contributed by atoms with Gasteiger partial charge in [0.25, 0.3) is 0 Å². The lowest BCUT2D eigenvalue weighted by Crippen LogP contribution is -2.39. The standard InChI is InChI=1S/C10H20BNO3/c1-4-7-5-8(12-11(3)15)6-10(7,2)9(13)14/h7-8,12,15H,4-6H2,1-3H3,(H,13,14)/t7-,8?,10+/m0/s1. The number of carboxylic acids is 1. The molecule has 0 amide bonds. The molecule has 0 bridgehead atoms. The van der Waals surface area contributed by atoms with E-state index < -0.39 is 18.4 Å². The van der Waals surface area contributed by atoms with Gasteiger partial charge >= 0.3 is 13.0 Å². The largest absolute Gasteiger partial charge is 0.481 e. The molecule has 5 heteroatoms. The molecule has 1 rings (SSSR count). The van der Waals surface area contributed by atoms with Gasteiger partial charge in [0.2, 0.25) is 0 Å². The quantitative estimate of drug-likeness (QED) is 0.608. The average molecular weight is 213 g/mol. The third-order valence-corrected chi connectivity index (χ3v) is 3.60. The minimum absolute atomic E-state index is 0.121. The van der Waals surface area contributed by atoms with Crippen LogP contribution in [0, 0.1) is 11.3 Å². The van der Waals surface area contributed by atoms with Crippen molar-refractivity contribution in [1.29, 1.82) is 0 Å². The summed E-state index contributed by atoms with van der Waals surface area (Å²) in [6.45, 7) is 5.50. The van der Waals surface area contributed by atoms with Crippen LogP contribution in [0.5, 0.6) is 0 Å². The van der Waals surface area contributed by atoms with Crippen LogP contribution < -0.4 is 5.23 Å². The van der Waals surface area contributed by atoms with Crippen molar-refractivity contribution in [2.75, 3.05) is 0 Å². The van der Waals surface area contributed by atoms with Gasteiger partial charge in [-0.25, -0.2) is 0 Å². The van der Waals surface area contributed by atoms with E-state index in [1.54, 1.807) is 6.82 Å². The molecule has 86 valence electrons. The molecular formula is C10H20BNO3. The summed E-state index contributed by atoms with van der Waals surface area (Å²) < 4.78 is 0. The Morgan fingerprint density at radius 2 is 2.27 bits per heavy atom. The second kappa shape index (κ2) is 4.53. The number of nitrogens with one attached hydrogen (secondary N) is 1. The monoisotopic (exact) mass is 213 g/mol. The zero-order chi connectivity index (χ0) is 11.6. The third kappa shape index (κ3) is 2.52. The highest BCUT2D eigenvalue weighted by Gasteiger charge is 2.48. The molecule has 15 heavy (non-hydrogen) atoms. The molecule has 1 fully saturated rings. The molecule has 1 aliphatic carbocycles. The fourth-order valence-corrected chi connectivity index (χ4v) is 2.71. The Balaban J connectivity index is 2.71. The van der Waals surface area contributed by atoms with E-state index in [1.165, 1.54) is 0 Å². The van der Waals surface area contributed by atoms with Crippen molar-refractivity contribution in [1.82, 2.24) is 5.23 Å². The lowest BCUT2D eigenvalue weighted by atomic mass is 9.78. The normalized spacial score (nSPS) is 35.5. The molecule has 0 saturated heterocycles. The van der Waals surface area contributed by atoms with Crippen LogP contribution in [0.1, 0.15) is 33.1 Å². The molecule has 0 radical (unpaired) electrons. The van der Waals surface area contributed by atoms with Gasteiger partial charge in [-0.3, -0.25) is 4.79 Å². The maximum Gasteiger partial charge on any atom is 0.373 e. The van der Waals surface area contributed by atoms with Crippen LogP contribution in [-0.4, -0.2) is 29.2 Å². The minimum Gasteiger partial charge on any atom is -0.481 e. The molecule has 0 heterocycles. The lowest BCUT2D eigenvalue weighted by Gasteiger charge is -2.25. The van der Waals surface area contributed by atoms with Crippen molar-refractivity contribution in [2.24, 2.45) is 11.3 Å². The molecular weight excluding hydrogens is 193 g/mol. The Kier molecular flexibility index (Phi) is 3.79. The van der Waals surface area contributed by atoms with Gasteiger partial charge in [0, 0.05) is 0 Å². The molecule has 1 unspecified atom stereocenters. The second-order valence-electron chi connectivity index (χ2n) is 4.81. The first kappa shape index (κ1) is 12.5. The summed E-state index contributed by atoms with van der Waals surface area (Å²) >= 11 is 0. The summed E-state index contributed by atoms with van der Waals surface area (Å²) in [6, 6.07) is 0.121. The molecule has 0 aromatic carbocycles. The van der Waals surface area contributed by atoms with Gasteiger partial charge in [-0.1, -0.05) is 13.3 Å². The maximum absolute atomic E-state index is 11.2. The molecule has 0 aliphatic heterocycles. The predicted octanol–water partition coefficient (Wildman–Crippen LogP) is 0.966. The fraction of sp³-hybridized carbons (Fsp3) is 0.900. The highest BCUT2D eigenvalue weighted by atomic mass is 16.4. The first-order valence-electron chi connectivity index (χ1n) is 5.57. The van der Waals surface area contributed by atoms with Crippen molar-refractivity contribution in [3.05, 3.63) is 0 Å². The summed E-state index contributed by atoms with van der Waals surface area (Å²) in [6.07, 6.45) is 2.32. The van der Waals surface area contributed by atoms with Crippen molar-refractivity contribution in [3.63, 3.8) is 0 Å². The number of aliphatic carboxylic acids is 1. The number of carbonyl (C=O) groups is 1. The van der Waals surface area contributed by atoms with Crippen LogP contribution in [0.2, 0.25) is 6.82 Å². The fourth-order valence-electron chi connectivity index (χ4n) is 2.71. The van der Waals surface area contributed by atoms with Crippen LogP contribution in [-0.2, 0) is 4.79 Å². The van der Waals surface area contributed by atoms with Gasteiger partial charge in [-0.15, -0.1) is 0 Å². The highest BCUT2D eigenvalue weighted by molar-refractivity contribution is 6.45. The smallest absolute Gasteiger partial charge is 0.373 e. The van der Waals surface area contributed by atoms with Gasteiger partial charge in [0.15, 0.2) is 0 Å². The number of rotatable bonds is 4. The van der Waals surface area contributed by atoms with E-state index in [9.17, 15) is 14.9 Å². The first-order valence-corrected chi connectivity index (χ1v) is 5.57. The van der Waals surface area contributed by atoms with E-state index in [1.807, 2.05) is 13.8 Å². The van der Waals surface area contributed by atoms with Crippen molar-refractivity contribution in [2.45, 2.75) is 46.0 Å². The summed E-state index contributed by atoms with van der Waals surface area (Å²) in [5.41, 5.74) is -0.638. The molecule has 4 nitrogen and oxygen atoms in total. The summed E-state index contributed by atoms with van der Waals surface area (Å²) in [5, 5.41) is 21.5. The molecule has 0 aromatic rings. The van der Waals surface area contributed by atoms with Crippen molar-refractivity contribution < 1.29 is 14.9 Å². The molecule has 0 spiro atoms. The van der Waals surface area contributed by atoms with E-state index >= 15 is 0 Å². The van der Waals surface area contributed by atoms with E-state index in [0.29, 0.717) is 6.42 Å². The Hall–Kier alpha value is -0.545. The van der Waals surface area contributed by atoms with E-state index in [0.717, 1.165) is 12.8 Å². The van der Waals surface area contributed by atoms with Gasteiger partial charge in [0.1, 0.15) is 0 Å². The zero-order valence-electron chi connectivity index (χ0n) is 9.66. The number of hydrogen-bond donors (Lipinski definition) is 3. The predicted molar refractivity (Wildman–Crippen MR) is 59.5 cm³/mol. The topological polar surface area (TPSA) is 69.6 Å². The Labute approximate surface area is 91.2 Å². The Bertz CT molecular complexity index is 247. The number of hydrogen-bond acceptors (Lipinski definition) is 3. The van der Waals surface area contributed by atoms with E-state index in [4.69, 9.17) is 0 Å². The highest BCUT2D eigenvalue weighted by Crippen LogP contribution is 2.45. The second-order valence-corrected chi connectivity index (χ2v) is 4.81. The van der Waals surface area contributed by atoms with Gasteiger partial charge < -0.3 is 15.4 Å². The third-order valence-electron chi connectivity index (χ3n) is 3.60. The SMILES string of the molecule is CC[C@H]1CC(NB(C)O)C[C@@]1(C)C(=O)O. The van der Waals surface area contributed by atoms with Crippen molar-refractivity contribution >= 4 is 13.0 Å². The molecule has 3 atom stereocenters. The lowest BCUT2D eigenvalue weighted by molar-refractivity contribution is -0.150. The molecule has 3 N–H and O–H groups in total. The Morgan fingerprint density at radius 1 is 1.67 bits per heavy atom. The van der Waals surface area contributed by atoms with Crippen LogP contribution in [0.25, 0.3) is 0 Å². The summed E-state index contributed by atoms with van der Waals surface area (Å²) in [7, 11) is -0.566. The van der Waals surface area contributed by atoms with Crippen LogP contribution in [0.15, 0.2) is 0 Å². The first-order chi connectivity index (χ1) is 6.90. The van der Waals surface area contributed by atoms with Gasteiger partial charge in [-0.2, -0.15) is 0 Å². The van der Waals surface area contributed by atoms with Crippen LogP contribution in [0.4, 0.5) is 0 Å². The van der Waals surface area contributed by atoms with Crippen molar-refractivity contribution in [3.8, 4) is 0 Å². The Morgan fingerprint density at radius 3 is 2.60 bits per heavy atom. The summed E-state index contributed by atoms with van der Waals surface area (Å²) in [5.74, 6) is -0.518. The number of carboxylic acid groups (broad SMARTS) is 1. The maximum atomic E-state index is 11.2. The molecule has 1 saturated carbocycles. The van der Waals surface area contributed by atoms with Gasteiger partial charge in [0.05, 0.1) is 5.41 Å². The van der Waals surface area contributed by atoms with Crippen LogP contribution >= 0.6 is 0 Å². The van der Waals surface area contributed by atoms with Gasteiger partial charge in [-0.05, 0) is 38.5 Å². The minimum atomic E-state index is -0.718. The van der Waals surface area contributed by atoms with Crippen LogP contribution in [0.3, 0.4) is 0 Å².